The van der Waals surface area contributed by atoms with E-state index < -0.39 is 6.29 Å². The second-order valence-corrected chi connectivity index (χ2v) is 4.48. The molecular weight excluding hydrogens is 256 g/mol. The van der Waals surface area contributed by atoms with E-state index in [2.05, 4.69) is 0 Å². The third-order valence-corrected chi connectivity index (χ3v) is 3.10. The number of aliphatic hydroxyl groups is 2. The quantitative estimate of drug-likeness (QED) is 0.566. The molecule has 1 heterocycles. The zero-order valence-corrected chi connectivity index (χ0v) is 10.5. The molecular formula is C16H12O4. The number of rotatable bonds is 3. The lowest BCUT2D eigenvalue weighted by Gasteiger charge is -2.01. The van der Waals surface area contributed by atoms with Gasteiger partial charge >= 0.3 is 0 Å². The number of furan rings is 1. The first-order valence-electron chi connectivity index (χ1n) is 6.14. The average molecular weight is 268 g/mol. The highest BCUT2D eigenvalue weighted by Crippen LogP contribution is 2.24. The summed E-state index contributed by atoms with van der Waals surface area (Å²) in [4.78, 5) is 12.2. The molecule has 0 aliphatic rings. The van der Waals surface area contributed by atoms with Gasteiger partial charge in [-0.15, -0.1) is 0 Å². The van der Waals surface area contributed by atoms with Crippen molar-refractivity contribution in [3.8, 4) is 0 Å². The van der Waals surface area contributed by atoms with Crippen LogP contribution in [-0.4, -0.2) is 16.0 Å². The second kappa shape index (κ2) is 4.92. The Morgan fingerprint density at radius 3 is 2.45 bits per heavy atom. The molecule has 4 heteroatoms. The van der Waals surface area contributed by atoms with Gasteiger partial charge in [-0.05, 0) is 18.2 Å². The Morgan fingerprint density at radius 2 is 1.75 bits per heavy atom. The summed E-state index contributed by atoms with van der Waals surface area (Å²) in [6.07, 6.45) is -1.54. The van der Waals surface area contributed by atoms with Gasteiger partial charge in [0.2, 0.25) is 5.78 Å². The van der Waals surface area contributed by atoms with Crippen molar-refractivity contribution in [1.82, 2.24) is 0 Å². The van der Waals surface area contributed by atoms with E-state index in [0.29, 0.717) is 22.1 Å². The van der Waals surface area contributed by atoms with Gasteiger partial charge in [-0.1, -0.05) is 36.4 Å². The minimum absolute atomic E-state index is 0.201. The molecule has 3 rings (SSSR count). The molecule has 0 saturated carbocycles. The molecule has 20 heavy (non-hydrogen) atoms. The molecule has 2 aromatic carbocycles. The smallest absolute Gasteiger partial charge is 0.228 e. The van der Waals surface area contributed by atoms with Crippen LogP contribution in [0.1, 0.15) is 28.0 Å². The number of carbonyl (C=O) groups excluding carboxylic acids is 1. The fourth-order valence-corrected chi connectivity index (χ4v) is 2.07. The van der Waals surface area contributed by atoms with E-state index >= 15 is 0 Å². The molecule has 0 bridgehead atoms. The summed E-state index contributed by atoms with van der Waals surface area (Å²) in [5.41, 5.74) is 1.44. The summed E-state index contributed by atoms with van der Waals surface area (Å²) >= 11 is 0. The van der Waals surface area contributed by atoms with Crippen molar-refractivity contribution in [2.75, 3.05) is 0 Å². The fraction of sp³-hybridized carbons (Fsp3) is 0.0625. The van der Waals surface area contributed by atoms with Gasteiger partial charge < -0.3 is 14.6 Å². The standard InChI is InChI=1S/C16H12O4/c17-15(10-4-2-1-3-5-10)14-9-12-8-11(16(18)19)6-7-13(12)20-14/h1-9,16,18-19H. The first-order valence-corrected chi connectivity index (χ1v) is 6.14. The van der Waals surface area contributed by atoms with Crippen LogP contribution in [-0.2, 0) is 0 Å². The van der Waals surface area contributed by atoms with Crippen molar-refractivity contribution in [3.63, 3.8) is 0 Å². The molecule has 4 nitrogen and oxygen atoms in total. The number of benzene rings is 2. The molecule has 0 amide bonds. The SMILES string of the molecule is O=C(c1ccccc1)c1cc2cc(C(O)O)ccc2o1. The van der Waals surface area contributed by atoms with Gasteiger partial charge in [-0.2, -0.15) is 0 Å². The van der Waals surface area contributed by atoms with Crippen LogP contribution < -0.4 is 0 Å². The molecule has 0 radical (unpaired) electrons. The molecule has 2 N–H and O–H groups in total. The van der Waals surface area contributed by atoms with E-state index in [1.807, 2.05) is 6.07 Å². The van der Waals surface area contributed by atoms with E-state index in [1.54, 1.807) is 48.5 Å². The topological polar surface area (TPSA) is 70.7 Å². The number of hydrogen-bond donors (Lipinski definition) is 2. The van der Waals surface area contributed by atoms with Gasteiger partial charge in [0.05, 0.1) is 0 Å². The largest absolute Gasteiger partial charge is 0.453 e. The monoisotopic (exact) mass is 268 g/mol. The minimum atomic E-state index is -1.54. The van der Waals surface area contributed by atoms with Crippen LogP contribution in [0.4, 0.5) is 0 Å². The number of fused-ring (bicyclic) bond motifs is 1. The van der Waals surface area contributed by atoms with Crippen molar-refractivity contribution >= 4 is 16.8 Å². The highest BCUT2D eigenvalue weighted by Gasteiger charge is 2.15. The molecule has 0 unspecified atom stereocenters. The van der Waals surface area contributed by atoms with E-state index in [-0.39, 0.29) is 11.5 Å². The highest BCUT2D eigenvalue weighted by molar-refractivity contribution is 6.08. The van der Waals surface area contributed by atoms with Crippen LogP contribution in [0.5, 0.6) is 0 Å². The first kappa shape index (κ1) is 12.6. The first-order chi connectivity index (χ1) is 9.65. The van der Waals surface area contributed by atoms with Crippen LogP contribution >= 0.6 is 0 Å². The van der Waals surface area contributed by atoms with Crippen LogP contribution in [0.25, 0.3) is 11.0 Å². The molecule has 0 atom stereocenters. The van der Waals surface area contributed by atoms with Gasteiger partial charge in [0.25, 0.3) is 0 Å². The zero-order valence-electron chi connectivity index (χ0n) is 10.5. The maximum absolute atomic E-state index is 12.2. The summed E-state index contributed by atoms with van der Waals surface area (Å²) in [6.45, 7) is 0. The van der Waals surface area contributed by atoms with Crippen LogP contribution in [0.3, 0.4) is 0 Å². The molecule has 0 fully saturated rings. The van der Waals surface area contributed by atoms with Gasteiger partial charge in [0, 0.05) is 16.5 Å². The molecule has 100 valence electrons. The number of hydrogen-bond acceptors (Lipinski definition) is 4. The molecule has 0 aliphatic heterocycles. The maximum Gasteiger partial charge on any atom is 0.228 e. The van der Waals surface area contributed by atoms with Crippen LogP contribution in [0.2, 0.25) is 0 Å². The normalized spacial score (nSPS) is 11.2. The van der Waals surface area contributed by atoms with Crippen molar-refractivity contribution in [3.05, 3.63) is 71.5 Å². The predicted molar refractivity (Wildman–Crippen MR) is 73.3 cm³/mol. The number of aliphatic hydroxyl groups excluding tert-OH is 1. The molecule has 0 saturated heterocycles. The third-order valence-electron chi connectivity index (χ3n) is 3.10. The van der Waals surface area contributed by atoms with E-state index in [9.17, 15) is 4.79 Å². The average Bonchev–Trinajstić information content (AvgIpc) is 2.90. The molecule has 0 aliphatic carbocycles. The van der Waals surface area contributed by atoms with Crippen molar-refractivity contribution < 1.29 is 19.4 Å². The van der Waals surface area contributed by atoms with Gasteiger partial charge in [0.15, 0.2) is 12.1 Å². The fourth-order valence-electron chi connectivity index (χ4n) is 2.07. The zero-order chi connectivity index (χ0) is 14.1. The summed E-state index contributed by atoms with van der Waals surface area (Å²) in [5.74, 6) is 0.0312. The Kier molecular flexibility index (Phi) is 3.10. The maximum atomic E-state index is 12.2. The molecule has 3 aromatic rings. The van der Waals surface area contributed by atoms with E-state index in [4.69, 9.17) is 14.6 Å². The van der Waals surface area contributed by atoms with E-state index in [0.717, 1.165) is 0 Å². The minimum Gasteiger partial charge on any atom is -0.453 e. The lowest BCUT2D eigenvalue weighted by atomic mass is 10.1. The van der Waals surface area contributed by atoms with Crippen LogP contribution in [0.15, 0.2) is 59.0 Å². The lowest BCUT2D eigenvalue weighted by molar-refractivity contribution is -0.0423. The van der Waals surface area contributed by atoms with E-state index in [1.165, 1.54) is 0 Å². The molecule has 0 spiro atoms. The third kappa shape index (κ3) is 2.22. The summed E-state index contributed by atoms with van der Waals surface area (Å²) < 4.78 is 5.51. The predicted octanol–water partition coefficient (Wildman–Crippen LogP) is 2.65. The summed E-state index contributed by atoms with van der Waals surface area (Å²) in [7, 11) is 0. The summed E-state index contributed by atoms with van der Waals surface area (Å²) in [5, 5.41) is 18.9. The number of ketones is 1. The Balaban J connectivity index is 2.03. The van der Waals surface area contributed by atoms with Gasteiger partial charge in [-0.25, -0.2) is 0 Å². The van der Waals surface area contributed by atoms with Gasteiger partial charge in [0.1, 0.15) is 5.58 Å². The molecule has 1 aromatic heterocycles. The van der Waals surface area contributed by atoms with Crippen LogP contribution in [0, 0.1) is 0 Å². The lowest BCUT2D eigenvalue weighted by Crippen LogP contribution is -1.98. The second-order valence-electron chi connectivity index (χ2n) is 4.48. The Bertz CT molecular complexity index is 757. The Morgan fingerprint density at radius 1 is 1.00 bits per heavy atom. The number of carbonyl (C=O) groups is 1. The van der Waals surface area contributed by atoms with Crippen molar-refractivity contribution in [1.29, 1.82) is 0 Å². The Hall–Kier alpha value is -2.43. The van der Waals surface area contributed by atoms with Crippen molar-refractivity contribution in [2.45, 2.75) is 6.29 Å². The highest BCUT2D eigenvalue weighted by atomic mass is 16.5. The van der Waals surface area contributed by atoms with Gasteiger partial charge in [-0.3, -0.25) is 4.79 Å². The summed E-state index contributed by atoms with van der Waals surface area (Å²) in [6, 6.07) is 15.2. The Labute approximate surface area is 114 Å². The van der Waals surface area contributed by atoms with Crippen molar-refractivity contribution in [2.24, 2.45) is 0 Å².